The van der Waals surface area contributed by atoms with Crippen molar-refractivity contribution < 1.29 is 9.50 Å². The fourth-order valence-electron chi connectivity index (χ4n) is 1.55. The smallest absolute Gasteiger partial charge is 0.126 e. The lowest BCUT2D eigenvalue weighted by Gasteiger charge is -2.23. The zero-order valence-corrected chi connectivity index (χ0v) is 8.76. The Morgan fingerprint density at radius 3 is 2.50 bits per heavy atom. The van der Waals surface area contributed by atoms with Crippen LogP contribution in [0.1, 0.15) is 25.8 Å². The van der Waals surface area contributed by atoms with Gasteiger partial charge in [-0.1, -0.05) is 32.0 Å². The van der Waals surface area contributed by atoms with E-state index in [0.29, 0.717) is 12.8 Å². The van der Waals surface area contributed by atoms with Crippen LogP contribution in [0.4, 0.5) is 4.39 Å². The van der Waals surface area contributed by atoms with Gasteiger partial charge in [0.1, 0.15) is 5.82 Å². The van der Waals surface area contributed by atoms with Crippen molar-refractivity contribution in [2.24, 2.45) is 5.41 Å². The molecule has 0 spiro atoms. The van der Waals surface area contributed by atoms with Crippen molar-refractivity contribution in [2.75, 3.05) is 6.61 Å². The lowest BCUT2D eigenvalue weighted by atomic mass is 9.83. The average molecular weight is 196 g/mol. The van der Waals surface area contributed by atoms with Gasteiger partial charge in [-0.15, -0.1) is 0 Å². The largest absolute Gasteiger partial charge is 0.396 e. The summed E-state index contributed by atoms with van der Waals surface area (Å²) in [7, 11) is 0. The summed E-state index contributed by atoms with van der Waals surface area (Å²) in [6.45, 7) is 4.23. The van der Waals surface area contributed by atoms with Crippen LogP contribution in [0.2, 0.25) is 0 Å². The first-order valence-electron chi connectivity index (χ1n) is 4.89. The van der Waals surface area contributed by atoms with Crippen molar-refractivity contribution in [3.05, 3.63) is 35.6 Å². The van der Waals surface area contributed by atoms with Crippen molar-refractivity contribution in [1.29, 1.82) is 0 Å². The zero-order valence-electron chi connectivity index (χ0n) is 8.76. The minimum absolute atomic E-state index is 0.0447. The first kappa shape index (κ1) is 11.2. The van der Waals surface area contributed by atoms with Gasteiger partial charge in [0, 0.05) is 6.61 Å². The van der Waals surface area contributed by atoms with Gasteiger partial charge in [0.25, 0.3) is 0 Å². The predicted molar refractivity (Wildman–Crippen MR) is 55.6 cm³/mol. The van der Waals surface area contributed by atoms with E-state index in [1.54, 1.807) is 12.1 Å². The van der Waals surface area contributed by atoms with Gasteiger partial charge in [0.2, 0.25) is 0 Å². The third-order valence-corrected chi connectivity index (χ3v) is 2.42. The average Bonchev–Trinajstić information content (AvgIpc) is 2.08. The van der Waals surface area contributed by atoms with Crippen molar-refractivity contribution in [1.82, 2.24) is 0 Å². The van der Waals surface area contributed by atoms with E-state index in [-0.39, 0.29) is 17.8 Å². The molecule has 14 heavy (non-hydrogen) atoms. The molecule has 1 rings (SSSR count). The van der Waals surface area contributed by atoms with E-state index in [0.717, 1.165) is 5.56 Å². The van der Waals surface area contributed by atoms with Crippen LogP contribution in [0.25, 0.3) is 0 Å². The molecular formula is C12H17FO. The molecule has 0 heterocycles. The quantitative estimate of drug-likeness (QED) is 0.785. The Labute approximate surface area is 84.6 Å². The summed E-state index contributed by atoms with van der Waals surface area (Å²) in [6, 6.07) is 6.81. The van der Waals surface area contributed by atoms with E-state index in [1.807, 2.05) is 19.9 Å². The van der Waals surface area contributed by atoms with E-state index in [4.69, 9.17) is 5.11 Å². The van der Waals surface area contributed by atoms with Gasteiger partial charge in [0.05, 0.1) is 0 Å². The zero-order chi connectivity index (χ0) is 10.6. The van der Waals surface area contributed by atoms with Crippen LogP contribution in [0.15, 0.2) is 24.3 Å². The predicted octanol–water partition coefficient (Wildman–Crippen LogP) is 2.78. The highest BCUT2D eigenvalue weighted by Crippen LogP contribution is 2.26. The summed E-state index contributed by atoms with van der Waals surface area (Å²) in [5, 5.41) is 8.86. The summed E-state index contributed by atoms with van der Waals surface area (Å²) < 4.78 is 13.3. The molecule has 0 fully saturated rings. The molecule has 0 saturated carbocycles. The van der Waals surface area contributed by atoms with Crippen molar-refractivity contribution in [3.8, 4) is 0 Å². The van der Waals surface area contributed by atoms with E-state index in [2.05, 4.69) is 0 Å². The Morgan fingerprint density at radius 1 is 1.29 bits per heavy atom. The van der Waals surface area contributed by atoms with Crippen LogP contribution in [-0.4, -0.2) is 11.7 Å². The molecule has 0 saturated heterocycles. The normalized spacial score (nSPS) is 11.7. The van der Waals surface area contributed by atoms with Gasteiger partial charge in [-0.25, -0.2) is 4.39 Å². The standard InChI is InChI=1S/C12H17FO/c1-12(2,7-8-14)9-10-5-3-4-6-11(10)13/h3-6,14H,7-9H2,1-2H3. The number of benzene rings is 1. The lowest BCUT2D eigenvalue weighted by molar-refractivity contribution is 0.210. The second-order valence-corrected chi connectivity index (χ2v) is 4.41. The van der Waals surface area contributed by atoms with Crippen LogP contribution in [0.3, 0.4) is 0 Å². The van der Waals surface area contributed by atoms with Crippen LogP contribution in [-0.2, 0) is 6.42 Å². The molecule has 2 heteroatoms. The third-order valence-electron chi connectivity index (χ3n) is 2.42. The minimum Gasteiger partial charge on any atom is -0.396 e. The Hall–Kier alpha value is -0.890. The summed E-state index contributed by atoms with van der Waals surface area (Å²) in [5.74, 6) is -0.154. The summed E-state index contributed by atoms with van der Waals surface area (Å²) in [4.78, 5) is 0. The van der Waals surface area contributed by atoms with Gasteiger partial charge in [-0.3, -0.25) is 0 Å². The molecule has 1 N–H and O–H groups in total. The highest BCUT2D eigenvalue weighted by Gasteiger charge is 2.19. The van der Waals surface area contributed by atoms with E-state index in [9.17, 15) is 4.39 Å². The SMILES string of the molecule is CC(C)(CCO)Cc1ccccc1F. The molecule has 0 amide bonds. The second-order valence-electron chi connectivity index (χ2n) is 4.41. The summed E-state index contributed by atoms with van der Waals surface area (Å²) in [6.07, 6.45) is 1.36. The maximum absolute atomic E-state index is 13.3. The molecule has 0 radical (unpaired) electrons. The number of aliphatic hydroxyl groups is 1. The minimum atomic E-state index is -0.154. The molecule has 0 unspecified atom stereocenters. The van der Waals surface area contributed by atoms with E-state index in [1.165, 1.54) is 6.07 Å². The number of rotatable bonds is 4. The molecule has 78 valence electrons. The number of hydrogen-bond acceptors (Lipinski definition) is 1. The first-order valence-corrected chi connectivity index (χ1v) is 4.89. The Bertz CT molecular complexity index is 294. The Kier molecular flexibility index (Phi) is 3.64. The fourth-order valence-corrected chi connectivity index (χ4v) is 1.55. The summed E-state index contributed by atoms with van der Waals surface area (Å²) >= 11 is 0. The fraction of sp³-hybridized carbons (Fsp3) is 0.500. The van der Waals surface area contributed by atoms with Crippen LogP contribution in [0.5, 0.6) is 0 Å². The number of hydrogen-bond donors (Lipinski definition) is 1. The molecule has 1 nitrogen and oxygen atoms in total. The van der Waals surface area contributed by atoms with E-state index >= 15 is 0 Å². The van der Waals surface area contributed by atoms with Crippen LogP contribution >= 0.6 is 0 Å². The van der Waals surface area contributed by atoms with Gasteiger partial charge in [-0.2, -0.15) is 0 Å². The third kappa shape index (κ3) is 3.11. The molecule has 1 aromatic carbocycles. The summed E-state index contributed by atoms with van der Waals surface area (Å²) in [5.41, 5.74) is 0.683. The molecule has 0 aliphatic carbocycles. The van der Waals surface area contributed by atoms with Gasteiger partial charge in [0.15, 0.2) is 0 Å². The van der Waals surface area contributed by atoms with Crippen molar-refractivity contribution in [2.45, 2.75) is 26.7 Å². The van der Waals surface area contributed by atoms with Crippen LogP contribution in [0, 0.1) is 11.2 Å². The van der Waals surface area contributed by atoms with Gasteiger partial charge in [-0.05, 0) is 29.9 Å². The lowest BCUT2D eigenvalue weighted by Crippen LogP contribution is -2.17. The maximum atomic E-state index is 13.3. The van der Waals surface area contributed by atoms with E-state index < -0.39 is 0 Å². The molecule has 0 bridgehead atoms. The van der Waals surface area contributed by atoms with Gasteiger partial charge < -0.3 is 5.11 Å². The number of halogens is 1. The van der Waals surface area contributed by atoms with Crippen molar-refractivity contribution >= 4 is 0 Å². The highest BCUT2D eigenvalue weighted by atomic mass is 19.1. The second kappa shape index (κ2) is 4.56. The number of aliphatic hydroxyl groups excluding tert-OH is 1. The maximum Gasteiger partial charge on any atom is 0.126 e. The molecule has 0 atom stereocenters. The first-order chi connectivity index (χ1) is 6.55. The molecule has 1 aromatic rings. The van der Waals surface area contributed by atoms with Crippen molar-refractivity contribution in [3.63, 3.8) is 0 Å². The van der Waals surface area contributed by atoms with Gasteiger partial charge >= 0.3 is 0 Å². The molecule has 0 aromatic heterocycles. The Morgan fingerprint density at radius 2 is 1.93 bits per heavy atom. The Balaban J connectivity index is 2.73. The van der Waals surface area contributed by atoms with Crippen LogP contribution < -0.4 is 0 Å². The highest BCUT2D eigenvalue weighted by molar-refractivity contribution is 5.18. The molecule has 0 aliphatic heterocycles. The monoisotopic (exact) mass is 196 g/mol. The topological polar surface area (TPSA) is 20.2 Å². The molecule has 0 aliphatic rings. The molecular weight excluding hydrogens is 179 g/mol.